The Hall–Kier alpha value is -1.80. The lowest BCUT2D eigenvalue weighted by Crippen LogP contribution is -2.17. The van der Waals surface area contributed by atoms with Crippen molar-refractivity contribution < 1.29 is 5.11 Å². The summed E-state index contributed by atoms with van der Waals surface area (Å²) in [6.07, 6.45) is 0. The van der Waals surface area contributed by atoms with E-state index in [0.717, 1.165) is 5.56 Å². The summed E-state index contributed by atoms with van der Waals surface area (Å²) in [6.45, 7) is 8.92. The Labute approximate surface area is 134 Å². The van der Waals surface area contributed by atoms with Crippen molar-refractivity contribution in [1.29, 1.82) is 0 Å². The van der Waals surface area contributed by atoms with E-state index in [1.807, 2.05) is 18.2 Å². The molecule has 0 fully saturated rings. The maximum Gasteiger partial charge on any atom is 0.0745 e. The zero-order valence-corrected chi connectivity index (χ0v) is 14.0. The van der Waals surface area contributed by atoms with Crippen molar-refractivity contribution in [3.05, 3.63) is 65.2 Å². The van der Waals surface area contributed by atoms with Gasteiger partial charge in [-0.05, 0) is 28.5 Å². The van der Waals surface area contributed by atoms with Crippen LogP contribution < -0.4 is 5.32 Å². The second kappa shape index (κ2) is 7.46. The fraction of sp³-hybridized carbons (Fsp3) is 0.400. The van der Waals surface area contributed by atoms with Crippen molar-refractivity contribution in [1.82, 2.24) is 0 Å². The summed E-state index contributed by atoms with van der Waals surface area (Å²) in [5, 5.41) is 13.4. The lowest BCUT2D eigenvalue weighted by Gasteiger charge is -2.25. The minimum Gasteiger partial charge on any atom is -0.394 e. The summed E-state index contributed by atoms with van der Waals surface area (Å²) in [5.41, 5.74) is 4.90. The van der Waals surface area contributed by atoms with Crippen molar-refractivity contribution in [3.63, 3.8) is 0 Å². The van der Waals surface area contributed by atoms with Gasteiger partial charge in [0.2, 0.25) is 0 Å². The summed E-state index contributed by atoms with van der Waals surface area (Å²) < 4.78 is 0. The van der Waals surface area contributed by atoms with Crippen molar-refractivity contribution >= 4 is 5.69 Å². The largest absolute Gasteiger partial charge is 0.394 e. The molecule has 0 aromatic heterocycles. The summed E-state index contributed by atoms with van der Waals surface area (Å²) in [4.78, 5) is 0. The molecule has 0 saturated heterocycles. The molecule has 0 heterocycles. The highest BCUT2D eigenvalue weighted by Gasteiger charge is 2.17. The van der Waals surface area contributed by atoms with Crippen LogP contribution in [-0.4, -0.2) is 11.7 Å². The Bertz CT molecular complexity index is 564. The molecular formula is C20H27NO. The summed E-state index contributed by atoms with van der Waals surface area (Å²) in [7, 11) is 0. The van der Waals surface area contributed by atoms with Crippen LogP contribution in [0.2, 0.25) is 0 Å². The molecule has 0 spiro atoms. The minimum atomic E-state index is -0.0846. The van der Waals surface area contributed by atoms with Gasteiger partial charge in [0, 0.05) is 5.69 Å². The van der Waals surface area contributed by atoms with Gasteiger partial charge in [-0.2, -0.15) is 0 Å². The Morgan fingerprint density at radius 2 is 1.36 bits per heavy atom. The standard InChI is InChI=1S/C20H27NO/c1-14(2)17-11-8-12-18(15(3)4)20(17)21-19(13-22)16-9-6-5-7-10-16/h5-12,14-15,19,21-22H,13H2,1-4H3. The molecule has 2 rings (SSSR count). The topological polar surface area (TPSA) is 32.3 Å². The zero-order chi connectivity index (χ0) is 16.1. The highest BCUT2D eigenvalue weighted by atomic mass is 16.3. The molecule has 0 radical (unpaired) electrons. The molecule has 0 amide bonds. The molecular weight excluding hydrogens is 270 g/mol. The number of hydrogen-bond acceptors (Lipinski definition) is 2. The lowest BCUT2D eigenvalue weighted by molar-refractivity contribution is 0.276. The molecule has 2 aromatic carbocycles. The maximum absolute atomic E-state index is 9.84. The maximum atomic E-state index is 9.84. The molecule has 0 aliphatic rings. The number of hydrogen-bond donors (Lipinski definition) is 2. The van der Waals surface area contributed by atoms with Gasteiger partial charge in [0.15, 0.2) is 0 Å². The van der Waals surface area contributed by atoms with E-state index in [4.69, 9.17) is 0 Å². The van der Waals surface area contributed by atoms with Gasteiger partial charge in [-0.25, -0.2) is 0 Å². The molecule has 1 unspecified atom stereocenters. The first-order valence-corrected chi connectivity index (χ1v) is 8.09. The third-order valence-corrected chi connectivity index (χ3v) is 4.08. The van der Waals surface area contributed by atoms with E-state index in [1.54, 1.807) is 0 Å². The zero-order valence-electron chi connectivity index (χ0n) is 14.0. The van der Waals surface area contributed by atoms with Crippen LogP contribution >= 0.6 is 0 Å². The first kappa shape index (κ1) is 16.6. The van der Waals surface area contributed by atoms with Crippen LogP contribution in [0, 0.1) is 0 Å². The number of aliphatic hydroxyl groups is 1. The average Bonchev–Trinajstić information content (AvgIpc) is 2.52. The number of aliphatic hydroxyl groups excluding tert-OH is 1. The number of anilines is 1. The first-order valence-electron chi connectivity index (χ1n) is 8.09. The van der Waals surface area contributed by atoms with Gasteiger partial charge in [0.05, 0.1) is 12.6 Å². The second-order valence-corrected chi connectivity index (χ2v) is 6.41. The quantitative estimate of drug-likeness (QED) is 0.779. The summed E-state index contributed by atoms with van der Waals surface area (Å²) in [6, 6.07) is 16.5. The van der Waals surface area contributed by atoms with E-state index in [0.29, 0.717) is 11.8 Å². The predicted molar refractivity (Wildman–Crippen MR) is 94.5 cm³/mol. The van der Waals surface area contributed by atoms with Crippen LogP contribution in [0.25, 0.3) is 0 Å². The lowest BCUT2D eigenvalue weighted by atomic mass is 9.92. The number of rotatable bonds is 6. The van der Waals surface area contributed by atoms with Crippen LogP contribution in [0.4, 0.5) is 5.69 Å². The Morgan fingerprint density at radius 3 is 1.82 bits per heavy atom. The third kappa shape index (κ3) is 3.69. The van der Waals surface area contributed by atoms with E-state index in [-0.39, 0.29) is 12.6 Å². The van der Waals surface area contributed by atoms with E-state index in [1.165, 1.54) is 16.8 Å². The van der Waals surface area contributed by atoms with Gasteiger partial charge < -0.3 is 10.4 Å². The van der Waals surface area contributed by atoms with Crippen molar-refractivity contribution in [2.75, 3.05) is 11.9 Å². The Kier molecular flexibility index (Phi) is 5.62. The van der Waals surface area contributed by atoms with Gasteiger partial charge in [-0.3, -0.25) is 0 Å². The fourth-order valence-electron chi connectivity index (χ4n) is 2.81. The molecule has 2 N–H and O–H groups in total. The molecule has 22 heavy (non-hydrogen) atoms. The van der Waals surface area contributed by atoms with Crippen LogP contribution in [0.3, 0.4) is 0 Å². The molecule has 2 heteroatoms. The molecule has 118 valence electrons. The van der Waals surface area contributed by atoms with E-state index in [2.05, 4.69) is 63.3 Å². The first-order chi connectivity index (χ1) is 10.5. The molecule has 1 atom stereocenters. The van der Waals surface area contributed by atoms with Crippen molar-refractivity contribution in [2.45, 2.75) is 45.6 Å². The highest BCUT2D eigenvalue weighted by Crippen LogP contribution is 2.34. The second-order valence-electron chi connectivity index (χ2n) is 6.41. The molecule has 0 bridgehead atoms. The highest BCUT2D eigenvalue weighted by molar-refractivity contribution is 5.61. The van der Waals surface area contributed by atoms with E-state index in [9.17, 15) is 5.11 Å². The predicted octanol–water partition coefficient (Wildman–Crippen LogP) is 5.08. The van der Waals surface area contributed by atoms with Crippen LogP contribution in [-0.2, 0) is 0 Å². The molecule has 0 aliphatic carbocycles. The van der Waals surface area contributed by atoms with Crippen molar-refractivity contribution in [2.24, 2.45) is 0 Å². The minimum absolute atomic E-state index is 0.0774. The molecule has 2 nitrogen and oxygen atoms in total. The van der Waals surface area contributed by atoms with Crippen LogP contribution in [0.1, 0.15) is 62.3 Å². The van der Waals surface area contributed by atoms with Crippen LogP contribution in [0.15, 0.2) is 48.5 Å². The smallest absolute Gasteiger partial charge is 0.0745 e. The van der Waals surface area contributed by atoms with Gasteiger partial charge in [0.1, 0.15) is 0 Å². The van der Waals surface area contributed by atoms with Gasteiger partial charge in [-0.15, -0.1) is 0 Å². The van der Waals surface area contributed by atoms with Crippen molar-refractivity contribution in [3.8, 4) is 0 Å². The number of para-hydroxylation sites is 1. The Morgan fingerprint density at radius 1 is 0.818 bits per heavy atom. The third-order valence-electron chi connectivity index (χ3n) is 4.08. The van der Waals surface area contributed by atoms with Gasteiger partial charge >= 0.3 is 0 Å². The van der Waals surface area contributed by atoms with Gasteiger partial charge in [-0.1, -0.05) is 76.2 Å². The van der Waals surface area contributed by atoms with Crippen LogP contribution in [0.5, 0.6) is 0 Å². The molecule has 0 saturated carbocycles. The summed E-state index contributed by atoms with van der Waals surface area (Å²) in [5.74, 6) is 0.882. The SMILES string of the molecule is CC(C)c1cccc(C(C)C)c1NC(CO)c1ccccc1. The molecule has 0 aliphatic heterocycles. The average molecular weight is 297 g/mol. The Balaban J connectivity index is 2.42. The molecule has 2 aromatic rings. The normalized spacial score (nSPS) is 12.7. The monoisotopic (exact) mass is 297 g/mol. The summed E-state index contributed by atoms with van der Waals surface area (Å²) >= 11 is 0. The number of benzene rings is 2. The van der Waals surface area contributed by atoms with Gasteiger partial charge in [0.25, 0.3) is 0 Å². The number of nitrogens with one attached hydrogen (secondary N) is 1. The fourth-order valence-corrected chi connectivity index (χ4v) is 2.81. The van der Waals surface area contributed by atoms with E-state index >= 15 is 0 Å². The van der Waals surface area contributed by atoms with E-state index < -0.39 is 0 Å².